The molecule has 0 radical (unpaired) electrons. The maximum atomic E-state index is 2.32. The van der Waals surface area contributed by atoms with E-state index in [1.807, 2.05) is 0 Å². The zero-order valence-electron chi connectivity index (χ0n) is 7.07. The summed E-state index contributed by atoms with van der Waals surface area (Å²) in [5, 5.41) is 0. The maximum absolute atomic E-state index is 2.32. The van der Waals surface area contributed by atoms with Gasteiger partial charge >= 0.3 is 68.1 Å². The SMILES string of the molecule is CC(C)[CH2][Ti][CH2]C(C)C. The zero-order valence-corrected chi connectivity index (χ0v) is 8.63. The fourth-order valence-electron chi connectivity index (χ4n) is 0.661. The van der Waals surface area contributed by atoms with Gasteiger partial charge in [0, 0.05) is 0 Å². The van der Waals surface area contributed by atoms with Crippen LogP contribution in [0.2, 0.25) is 9.45 Å². The Bertz CT molecular complexity index is 49.6. The molecule has 0 nitrogen and oxygen atoms in total. The van der Waals surface area contributed by atoms with Crippen molar-refractivity contribution in [1.82, 2.24) is 0 Å². The molecular weight excluding hydrogens is 144 g/mol. The summed E-state index contributed by atoms with van der Waals surface area (Å²) in [5.41, 5.74) is 0. The standard InChI is InChI=1S/2C4H9.Ti/c2*1-4(2)3;/h2*4H,1H2,2-3H3;. The molecule has 0 saturated heterocycles. The van der Waals surface area contributed by atoms with Gasteiger partial charge in [0.15, 0.2) is 0 Å². The van der Waals surface area contributed by atoms with Gasteiger partial charge in [-0.05, 0) is 0 Å². The number of hydrogen-bond donors (Lipinski definition) is 0. The van der Waals surface area contributed by atoms with Gasteiger partial charge in [0.2, 0.25) is 0 Å². The molecule has 0 aliphatic heterocycles. The van der Waals surface area contributed by atoms with E-state index in [4.69, 9.17) is 0 Å². The molecule has 0 aliphatic rings. The Morgan fingerprint density at radius 1 is 0.889 bits per heavy atom. The van der Waals surface area contributed by atoms with Gasteiger partial charge in [0.25, 0.3) is 0 Å². The molecular formula is C8H18Ti. The van der Waals surface area contributed by atoms with Crippen molar-refractivity contribution in [2.24, 2.45) is 11.8 Å². The molecule has 0 unspecified atom stereocenters. The second-order valence-electron chi connectivity index (χ2n) is 3.45. The van der Waals surface area contributed by atoms with E-state index in [-0.39, 0.29) is 0 Å². The van der Waals surface area contributed by atoms with E-state index < -0.39 is 0 Å². The number of rotatable bonds is 4. The molecule has 1 heteroatoms. The fraction of sp³-hybridized carbons (Fsp3) is 1.00. The molecule has 0 N–H and O–H groups in total. The third-order valence-electron chi connectivity index (χ3n) is 1.11. The minimum atomic E-state index is 0.426. The molecule has 0 spiro atoms. The van der Waals surface area contributed by atoms with E-state index in [0.29, 0.717) is 19.2 Å². The van der Waals surface area contributed by atoms with Crippen LogP contribution in [-0.2, 0) is 19.2 Å². The Kier molecular flexibility index (Phi) is 5.93. The minimum absolute atomic E-state index is 0.426. The van der Waals surface area contributed by atoms with Crippen molar-refractivity contribution >= 4 is 0 Å². The van der Waals surface area contributed by atoms with Crippen LogP contribution in [0.1, 0.15) is 27.7 Å². The first kappa shape index (κ1) is 9.71. The molecule has 0 bridgehead atoms. The van der Waals surface area contributed by atoms with Crippen LogP contribution in [0.4, 0.5) is 0 Å². The van der Waals surface area contributed by atoms with E-state index in [9.17, 15) is 0 Å². The average Bonchev–Trinajstić information content (AvgIpc) is 1.63. The van der Waals surface area contributed by atoms with E-state index in [0.717, 1.165) is 11.8 Å². The zero-order chi connectivity index (χ0) is 7.28. The van der Waals surface area contributed by atoms with Crippen molar-refractivity contribution in [3.8, 4) is 0 Å². The van der Waals surface area contributed by atoms with Crippen molar-refractivity contribution in [2.75, 3.05) is 0 Å². The van der Waals surface area contributed by atoms with Gasteiger partial charge in [-0.15, -0.1) is 0 Å². The molecule has 54 valence electrons. The van der Waals surface area contributed by atoms with E-state index in [2.05, 4.69) is 27.7 Å². The summed E-state index contributed by atoms with van der Waals surface area (Å²) >= 11 is 0.426. The van der Waals surface area contributed by atoms with Gasteiger partial charge in [0.1, 0.15) is 0 Å². The molecule has 0 aliphatic carbocycles. The van der Waals surface area contributed by atoms with E-state index >= 15 is 0 Å². The normalized spacial score (nSPS) is 10.9. The summed E-state index contributed by atoms with van der Waals surface area (Å²) < 4.78 is 3.05. The summed E-state index contributed by atoms with van der Waals surface area (Å²) in [4.78, 5) is 0. The summed E-state index contributed by atoms with van der Waals surface area (Å²) in [6.45, 7) is 9.29. The van der Waals surface area contributed by atoms with Crippen LogP contribution < -0.4 is 0 Å². The Balaban J connectivity index is 2.91. The van der Waals surface area contributed by atoms with Crippen LogP contribution in [0, 0.1) is 11.8 Å². The molecule has 0 aromatic heterocycles. The third kappa shape index (κ3) is 8.71. The molecule has 9 heavy (non-hydrogen) atoms. The summed E-state index contributed by atoms with van der Waals surface area (Å²) in [6.07, 6.45) is 0. The molecule has 0 saturated carbocycles. The first-order valence-corrected chi connectivity index (χ1v) is 6.04. The second kappa shape index (κ2) is 5.50. The van der Waals surface area contributed by atoms with Gasteiger partial charge in [0.05, 0.1) is 0 Å². The van der Waals surface area contributed by atoms with Crippen LogP contribution in [0.3, 0.4) is 0 Å². The first-order valence-electron chi connectivity index (χ1n) is 3.83. The topological polar surface area (TPSA) is 0 Å². The molecule has 0 aromatic carbocycles. The van der Waals surface area contributed by atoms with Crippen molar-refractivity contribution < 1.29 is 19.2 Å². The predicted molar refractivity (Wildman–Crippen MR) is 39.3 cm³/mol. The Morgan fingerprint density at radius 2 is 1.22 bits per heavy atom. The van der Waals surface area contributed by atoms with Gasteiger partial charge < -0.3 is 0 Å². The van der Waals surface area contributed by atoms with E-state index in [1.54, 1.807) is 0 Å². The van der Waals surface area contributed by atoms with Gasteiger partial charge in [-0.3, -0.25) is 0 Å². The third-order valence-corrected chi connectivity index (χ3v) is 4.56. The molecule has 0 rings (SSSR count). The van der Waals surface area contributed by atoms with Crippen LogP contribution in [0.15, 0.2) is 0 Å². The molecule has 0 atom stereocenters. The molecule has 0 fully saturated rings. The van der Waals surface area contributed by atoms with Crippen LogP contribution in [-0.4, -0.2) is 0 Å². The fourth-order valence-corrected chi connectivity index (χ4v) is 2.72. The Labute approximate surface area is 68.3 Å². The first-order chi connectivity index (χ1) is 4.13. The van der Waals surface area contributed by atoms with Crippen molar-refractivity contribution in [3.63, 3.8) is 0 Å². The van der Waals surface area contributed by atoms with Crippen molar-refractivity contribution in [2.45, 2.75) is 37.1 Å². The number of hydrogen-bond acceptors (Lipinski definition) is 0. The Morgan fingerprint density at radius 3 is 1.44 bits per heavy atom. The Hall–Kier alpha value is 0.714. The summed E-state index contributed by atoms with van der Waals surface area (Å²) in [5.74, 6) is 1.90. The molecule has 0 aromatic rings. The van der Waals surface area contributed by atoms with Crippen molar-refractivity contribution in [3.05, 3.63) is 0 Å². The van der Waals surface area contributed by atoms with Crippen LogP contribution in [0.5, 0.6) is 0 Å². The molecule has 0 heterocycles. The second-order valence-corrected chi connectivity index (χ2v) is 5.50. The van der Waals surface area contributed by atoms with Gasteiger partial charge in [-0.1, -0.05) is 0 Å². The van der Waals surface area contributed by atoms with Crippen LogP contribution in [0.25, 0.3) is 0 Å². The van der Waals surface area contributed by atoms with Gasteiger partial charge in [-0.2, -0.15) is 0 Å². The predicted octanol–water partition coefficient (Wildman–Crippen LogP) is 3.22. The van der Waals surface area contributed by atoms with Crippen molar-refractivity contribution in [1.29, 1.82) is 0 Å². The van der Waals surface area contributed by atoms with Gasteiger partial charge in [-0.25, -0.2) is 0 Å². The molecule has 0 amide bonds. The average molecular weight is 162 g/mol. The summed E-state index contributed by atoms with van der Waals surface area (Å²) in [7, 11) is 0. The monoisotopic (exact) mass is 162 g/mol. The quantitative estimate of drug-likeness (QED) is 0.556. The van der Waals surface area contributed by atoms with Crippen LogP contribution >= 0.6 is 0 Å². The summed E-state index contributed by atoms with van der Waals surface area (Å²) in [6, 6.07) is 0. The van der Waals surface area contributed by atoms with E-state index in [1.165, 1.54) is 9.45 Å².